The monoisotopic (exact) mass is 496 g/mol. The van der Waals surface area contributed by atoms with E-state index in [2.05, 4.69) is 32.2 Å². The first-order valence-corrected chi connectivity index (χ1v) is 13.5. The standard InChI is InChI=1S/C27H36N4O3S/c1-19-26(17-29-30-19)35-15-14-31-13-11-20(22(18-31)6-9-27(32)33)4-3-5-21-10-12-28-25-8-7-23(34-2)16-24(21)25/h7-8,10,12,16-17,20,22H,3-6,9,11,13-15,18H2,1-2H3,(H,29,30)(H,32,33)/t20-,22+/m1/s1. The minimum Gasteiger partial charge on any atom is -0.497 e. The molecule has 0 saturated carbocycles. The fourth-order valence-electron chi connectivity index (χ4n) is 5.23. The number of piperidine rings is 1. The Hall–Kier alpha value is -2.58. The van der Waals surface area contributed by atoms with Crippen LogP contribution in [0.3, 0.4) is 0 Å². The molecular formula is C27H36N4O3S. The molecule has 8 heteroatoms. The van der Waals surface area contributed by atoms with Crippen LogP contribution >= 0.6 is 11.8 Å². The first-order valence-electron chi connectivity index (χ1n) is 12.5. The third-order valence-corrected chi connectivity index (χ3v) is 8.32. The highest BCUT2D eigenvalue weighted by Gasteiger charge is 2.29. The highest BCUT2D eigenvalue weighted by Crippen LogP contribution is 2.33. The predicted molar refractivity (Wildman–Crippen MR) is 140 cm³/mol. The van der Waals surface area contributed by atoms with E-state index in [1.54, 1.807) is 7.11 Å². The van der Waals surface area contributed by atoms with E-state index in [1.165, 1.54) is 10.5 Å². The van der Waals surface area contributed by atoms with E-state index in [4.69, 9.17) is 4.74 Å². The third-order valence-electron chi connectivity index (χ3n) is 7.21. The van der Waals surface area contributed by atoms with E-state index in [1.807, 2.05) is 43.2 Å². The number of rotatable bonds is 12. The van der Waals surface area contributed by atoms with Gasteiger partial charge in [-0.3, -0.25) is 14.9 Å². The molecule has 0 aliphatic carbocycles. The zero-order valence-electron chi connectivity index (χ0n) is 20.7. The minimum atomic E-state index is -0.691. The molecule has 188 valence electrons. The predicted octanol–water partition coefficient (Wildman–Crippen LogP) is 5.19. The number of methoxy groups -OCH3 is 1. The summed E-state index contributed by atoms with van der Waals surface area (Å²) < 4.78 is 5.42. The zero-order chi connectivity index (χ0) is 24.6. The van der Waals surface area contributed by atoms with E-state index < -0.39 is 5.97 Å². The number of ether oxygens (including phenoxy) is 1. The zero-order valence-corrected chi connectivity index (χ0v) is 21.5. The summed E-state index contributed by atoms with van der Waals surface area (Å²) in [6.07, 6.45) is 9.18. The molecule has 1 aliphatic rings. The van der Waals surface area contributed by atoms with Gasteiger partial charge in [0.25, 0.3) is 0 Å². The van der Waals surface area contributed by atoms with E-state index in [0.717, 1.165) is 79.8 Å². The number of hydrogen-bond donors (Lipinski definition) is 2. The van der Waals surface area contributed by atoms with Gasteiger partial charge in [-0.2, -0.15) is 5.10 Å². The van der Waals surface area contributed by atoms with Crippen molar-refractivity contribution in [1.82, 2.24) is 20.1 Å². The van der Waals surface area contributed by atoms with Gasteiger partial charge in [0.1, 0.15) is 5.75 Å². The Labute approximate surface area is 211 Å². The second-order valence-corrected chi connectivity index (χ2v) is 10.6. The Balaban J connectivity index is 1.32. The molecule has 4 rings (SSSR count). The molecule has 2 aromatic heterocycles. The number of aromatic nitrogens is 3. The Morgan fingerprint density at radius 2 is 2.17 bits per heavy atom. The molecule has 1 aromatic carbocycles. The maximum Gasteiger partial charge on any atom is 0.303 e. The van der Waals surface area contributed by atoms with Gasteiger partial charge in [-0.1, -0.05) is 0 Å². The summed E-state index contributed by atoms with van der Waals surface area (Å²) in [7, 11) is 1.69. The smallest absolute Gasteiger partial charge is 0.303 e. The van der Waals surface area contributed by atoms with Crippen molar-refractivity contribution in [1.29, 1.82) is 0 Å². The lowest BCUT2D eigenvalue weighted by Gasteiger charge is -2.39. The maximum atomic E-state index is 11.3. The molecule has 0 spiro atoms. The van der Waals surface area contributed by atoms with Crippen molar-refractivity contribution in [3.05, 3.63) is 47.9 Å². The molecule has 1 fully saturated rings. The van der Waals surface area contributed by atoms with Crippen LogP contribution < -0.4 is 4.74 Å². The van der Waals surface area contributed by atoms with E-state index >= 15 is 0 Å². The van der Waals surface area contributed by atoms with Crippen molar-refractivity contribution < 1.29 is 14.6 Å². The highest BCUT2D eigenvalue weighted by molar-refractivity contribution is 7.99. The number of aliphatic carboxylic acids is 1. The van der Waals surface area contributed by atoms with Crippen LogP contribution in [0.15, 0.2) is 41.6 Å². The quantitative estimate of drug-likeness (QED) is 0.333. The Bertz CT molecular complexity index is 1120. The van der Waals surface area contributed by atoms with Crippen LogP contribution in [0.5, 0.6) is 5.75 Å². The second-order valence-electron chi connectivity index (χ2n) is 9.49. The first kappa shape index (κ1) is 25.5. The van der Waals surface area contributed by atoms with Crippen molar-refractivity contribution in [2.24, 2.45) is 11.8 Å². The van der Waals surface area contributed by atoms with E-state index in [0.29, 0.717) is 11.8 Å². The lowest BCUT2D eigenvalue weighted by Crippen LogP contribution is -2.41. The van der Waals surface area contributed by atoms with Gasteiger partial charge in [0, 0.05) is 47.4 Å². The summed E-state index contributed by atoms with van der Waals surface area (Å²) >= 11 is 1.84. The van der Waals surface area contributed by atoms with Crippen LogP contribution in [-0.2, 0) is 11.2 Å². The second kappa shape index (κ2) is 12.4. The van der Waals surface area contributed by atoms with Crippen LogP contribution in [0.4, 0.5) is 0 Å². The van der Waals surface area contributed by atoms with Gasteiger partial charge in [-0.25, -0.2) is 0 Å². The number of fused-ring (bicyclic) bond motifs is 1. The summed E-state index contributed by atoms with van der Waals surface area (Å²) in [6.45, 7) is 5.16. The van der Waals surface area contributed by atoms with Crippen molar-refractivity contribution in [2.45, 2.75) is 50.3 Å². The Kier molecular flexibility index (Phi) is 9.04. The van der Waals surface area contributed by atoms with E-state index in [-0.39, 0.29) is 6.42 Å². The molecular weight excluding hydrogens is 460 g/mol. The number of hydrogen-bond acceptors (Lipinski definition) is 6. The van der Waals surface area contributed by atoms with Gasteiger partial charge in [0.05, 0.1) is 18.8 Å². The van der Waals surface area contributed by atoms with Gasteiger partial charge in [-0.15, -0.1) is 11.8 Å². The third kappa shape index (κ3) is 6.98. The molecule has 0 unspecified atom stereocenters. The van der Waals surface area contributed by atoms with Crippen molar-refractivity contribution in [3.8, 4) is 5.75 Å². The van der Waals surface area contributed by atoms with Crippen LogP contribution in [0.2, 0.25) is 0 Å². The number of carbonyl (C=O) groups is 1. The fourth-order valence-corrected chi connectivity index (χ4v) is 6.19. The molecule has 1 aliphatic heterocycles. The van der Waals surface area contributed by atoms with Crippen molar-refractivity contribution in [3.63, 3.8) is 0 Å². The van der Waals surface area contributed by atoms with Crippen LogP contribution in [-0.4, -0.2) is 63.7 Å². The molecule has 3 aromatic rings. The number of nitrogens with one attached hydrogen (secondary N) is 1. The van der Waals surface area contributed by atoms with Crippen LogP contribution in [0, 0.1) is 18.8 Å². The highest BCUT2D eigenvalue weighted by atomic mass is 32.2. The van der Waals surface area contributed by atoms with Gasteiger partial charge >= 0.3 is 5.97 Å². The SMILES string of the molecule is COc1ccc2nccc(CCC[C@@H]3CCN(CCSc4cn[nH]c4C)C[C@@H]3CCC(=O)O)c2c1. The molecule has 3 heterocycles. The maximum absolute atomic E-state index is 11.3. The Morgan fingerprint density at radius 1 is 1.29 bits per heavy atom. The normalized spacial score (nSPS) is 18.7. The molecule has 0 radical (unpaired) electrons. The number of aryl methyl sites for hydroxylation is 2. The van der Waals surface area contributed by atoms with Gasteiger partial charge in [-0.05, 0) is 87.2 Å². The molecule has 35 heavy (non-hydrogen) atoms. The number of benzene rings is 1. The summed E-state index contributed by atoms with van der Waals surface area (Å²) in [4.78, 5) is 19.5. The number of likely N-dealkylation sites (tertiary alicyclic amines) is 1. The van der Waals surface area contributed by atoms with Crippen LogP contribution in [0.1, 0.15) is 43.4 Å². The van der Waals surface area contributed by atoms with Crippen molar-refractivity contribution >= 4 is 28.6 Å². The number of aromatic amines is 1. The lowest BCUT2D eigenvalue weighted by molar-refractivity contribution is -0.137. The summed E-state index contributed by atoms with van der Waals surface area (Å²) in [5.41, 5.74) is 3.42. The van der Waals surface area contributed by atoms with Gasteiger partial charge in [0.2, 0.25) is 0 Å². The molecule has 1 saturated heterocycles. The topological polar surface area (TPSA) is 91.3 Å². The number of carboxylic acid groups (broad SMARTS) is 1. The molecule has 2 atom stereocenters. The molecule has 2 N–H and O–H groups in total. The lowest BCUT2D eigenvalue weighted by atomic mass is 9.79. The van der Waals surface area contributed by atoms with Gasteiger partial charge in [0.15, 0.2) is 0 Å². The summed E-state index contributed by atoms with van der Waals surface area (Å²) in [5, 5.41) is 17.6. The first-order chi connectivity index (χ1) is 17.0. The largest absolute Gasteiger partial charge is 0.497 e. The minimum absolute atomic E-state index is 0.257. The average molecular weight is 497 g/mol. The van der Waals surface area contributed by atoms with Crippen LogP contribution in [0.25, 0.3) is 10.9 Å². The number of nitrogens with zero attached hydrogens (tertiary/aromatic N) is 3. The van der Waals surface area contributed by atoms with E-state index in [9.17, 15) is 9.90 Å². The molecule has 7 nitrogen and oxygen atoms in total. The van der Waals surface area contributed by atoms with Gasteiger partial charge < -0.3 is 14.7 Å². The number of pyridine rings is 1. The fraction of sp³-hybridized carbons (Fsp3) is 0.519. The number of H-pyrrole nitrogens is 1. The average Bonchev–Trinajstić information content (AvgIpc) is 3.28. The summed E-state index contributed by atoms with van der Waals surface area (Å²) in [6, 6.07) is 8.16. The molecule has 0 amide bonds. The number of thioether (sulfide) groups is 1. The summed E-state index contributed by atoms with van der Waals surface area (Å²) in [5.74, 6) is 2.21. The Morgan fingerprint density at radius 3 is 2.94 bits per heavy atom. The molecule has 0 bridgehead atoms. The number of carboxylic acids is 1. The van der Waals surface area contributed by atoms with Crippen molar-refractivity contribution in [2.75, 3.05) is 32.5 Å².